The van der Waals surface area contributed by atoms with Gasteiger partial charge in [-0.15, -0.1) is 6.58 Å². The van der Waals surface area contributed by atoms with Crippen molar-refractivity contribution >= 4 is 11.9 Å². The van der Waals surface area contributed by atoms with Crippen molar-refractivity contribution in [2.45, 2.75) is 65.2 Å². The molecule has 4 heteroatoms. The average Bonchev–Trinajstić information content (AvgIpc) is 2.40. The van der Waals surface area contributed by atoms with Crippen LogP contribution in [0.1, 0.15) is 65.2 Å². The van der Waals surface area contributed by atoms with Crippen molar-refractivity contribution in [3.8, 4) is 0 Å². The van der Waals surface area contributed by atoms with E-state index in [9.17, 15) is 19.8 Å². The van der Waals surface area contributed by atoms with Crippen LogP contribution in [0.4, 0.5) is 0 Å². The molecule has 2 N–H and O–H groups in total. The van der Waals surface area contributed by atoms with Gasteiger partial charge in [0.1, 0.15) is 0 Å². The predicted molar refractivity (Wildman–Crippen MR) is 79.7 cm³/mol. The fraction of sp³-hybridized carbons (Fsp3) is 0.750. The van der Waals surface area contributed by atoms with Gasteiger partial charge in [0.15, 0.2) is 5.41 Å². The van der Waals surface area contributed by atoms with Gasteiger partial charge in [-0.25, -0.2) is 0 Å². The molecule has 0 amide bonds. The van der Waals surface area contributed by atoms with Crippen LogP contribution in [0.2, 0.25) is 0 Å². The Morgan fingerprint density at radius 3 is 1.95 bits per heavy atom. The van der Waals surface area contributed by atoms with Crippen LogP contribution in [0.15, 0.2) is 12.7 Å². The smallest absolute Gasteiger partial charge is 0.321 e. The molecule has 0 bridgehead atoms. The molecule has 0 aliphatic carbocycles. The highest BCUT2D eigenvalue weighted by molar-refractivity contribution is 5.98. The highest BCUT2D eigenvalue weighted by atomic mass is 16.4. The fourth-order valence-corrected chi connectivity index (χ4v) is 2.64. The molecule has 1 atom stereocenters. The molecule has 20 heavy (non-hydrogen) atoms. The highest BCUT2D eigenvalue weighted by Gasteiger charge is 2.50. The summed E-state index contributed by atoms with van der Waals surface area (Å²) in [4.78, 5) is 23.3. The number of aliphatic carboxylic acids is 2. The third-order valence-corrected chi connectivity index (χ3v) is 3.97. The summed E-state index contributed by atoms with van der Waals surface area (Å²) in [5.41, 5.74) is -1.72. The van der Waals surface area contributed by atoms with Crippen molar-refractivity contribution in [1.29, 1.82) is 0 Å². The Balaban J connectivity index is 5.16. The lowest BCUT2D eigenvalue weighted by Gasteiger charge is -2.32. The maximum absolute atomic E-state index is 11.7. The summed E-state index contributed by atoms with van der Waals surface area (Å²) in [5.74, 6) is -2.98. The second-order valence-electron chi connectivity index (χ2n) is 5.38. The van der Waals surface area contributed by atoms with E-state index in [4.69, 9.17) is 0 Å². The van der Waals surface area contributed by atoms with E-state index in [2.05, 4.69) is 13.5 Å². The Bertz CT molecular complexity index is 308. The van der Waals surface area contributed by atoms with Crippen molar-refractivity contribution in [2.24, 2.45) is 11.3 Å². The van der Waals surface area contributed by atoms with E-state index in [1.807, 2.05) is 6.92 Å². The molecule has 0 spiro atoms. The molecule has 1 unspecified atom stereocenters. The molecular formula is C16H28O4. The van der Waals surface area contributed by atoms with Gasteiger partial charge in [-0.2, -0.15) is 0 Å². The lowest BCUT2D eigenvalue weighted by Crippen LogP contribution is -2.45. The molecular weight excluding hydrogens is 256 g/mol. The summed E-state index contributed by atoms with van der Waals surface area (Å²) in [6.45, 7) is 7.74. The van der Waals surface area contributed by atoms with E-state index in [1.165, 1.54) is 6.08 Å². The zero-order valence-corrected chi connectivity index (χ0v) is 12.7. The minimum Gasteiger partial charge on any atom is -0.480 e. The number of carboxylic acids is 2. The van der Waals surface area contributed by atoms with Crippen LogP contribution >= 0.6 is 0 Å². The molecule has 116 valence electrons. The SMILES string of the molecule is C=CC(CCCCC)C(CCCCC)(C(=O)O)C(=O)O. The zero-order valence-electron chi connectivity index (χ0n) is 12.7. The van der Waals surface area contributed by atoms with Crippen molar-refractivity contribution in [3.05, 3.63) is 12.7 Å². The highest BCUT2D eigenvalue weighted by Crippen LogP contribution is 2.38. The van der Waals surface area contributed by atoms with Crippen LogP contribution in [-0.4, -0.2) is 22.2 Å². The van der Waals surface area contributed by atoms with Gasteiger partial charge in [-0.1, -0.05) is 58.4 Å². The van der Waals surface area contributed by atoms with Gasteiger partial charge in [-0.05, 0) is 12.8 Å². The lowest BCUT2D eigenvalue weighted by atomic mass is 9.69. The summed E-state index contributed by atoms with van der Waals surface area (Å²) < 4.78 is 0. The van der Waals surface area contributed by atoms with Crippen LogP contribution in [0, 0.1) is 11.3 Å². The minimum atomic E-state index is -1.72. The quantitative estimate of drug-likeness (QED) is 0.321. The summed E-state index contributed by atoms with van der Waals surface area (Å²) in [7, 11) is 0. The summed E-state index contributed by atoms with van der Waals surface area (Å²) in [5, 5.41) is 19.0. The first-order chi connectivity index (χ1) is 9.47. The first-order valence-corrected chi connectivity index (χ1v) is 7.56. The van der Waals surface area contributed by atoms with E-state index in [1.54, 1.807) is 0 Å². The summed E-state index contributed by atoms with van der Waals surface area (Å²) in [6.07, 6.45) is 7.50. The molecule has 0 heterocycles. The monoisotopic (exact) mass is 284 g/mol. The molecule has 0 aliphatic rings. The first-order valence-electron chi connectivity index (χ1n) is 7.56. The number of allylic oxidation sites excluding steroid dienone is 1. The normalized spacial score (nSPS) is 12.9. The van der Waals surface area contributed by atoms with Gasteiger partial charge in [0.25, 0.3) is 0 Å². The van der Waals surface area contributed by atoms with E-state index < -0.39 is 23.3 Å². The lowest BCUT2D eigenvalue weighted by molar-refractivity contribution is -0.169. The number of unbranched alkanes of at least 4 members (excludes halogenated alkanes) is 4. The number of hydrogen-bond donors (Lipinski definition) is 2. The Morgan fingerprint density at radius 1 is 1.05 bits per heavy atom. The molecule has 0 aromatic heterocycles. The molecule has 0 saturated heterocycles. The van der Waals surface area contributed by atoms with Crippen molar-refractivity contribution < 1.29 is 19.8 Å². The molecule has 0 fully saturated rings. The molecule has 0 radical (unpaired) electrons. The van der Waals surface area contributed by atoms with Crippen molar-refractivity contribution in [1.82, 2.24) is 0 Å². The third-order valence-electron chi connectivity index (χ3n) is 3.97. The maximum Gasteiger partial charge on any atom is 0.321 e. The van der Waals surface area contributed by atoms with Crippen LogP contribution in [0.25, 0.3) is 0 Å². The summed E-state index contributed by atoms with van der Waals surface area (Å²) >= 11 is 0. The largest absolute Gasteiger partial charge is 0.480 e. The van der Waals surface area contributed by atoms with Gasteiger partial charge >= 0.3 is 11.9 Å². The Morgan fingerprint density at radius 2 is 1.55 bits per heavy atom. The fourth-order valence-electron chi connectivity index (χ4n) is 2.64. The maximum atomic E-state index is 11.7. The van der Waals surface area contributed by atoms with Crippen LogP contribution in [0.3, 0.4) is 0 Å². The van der Waals surface area contributed by atoms with Crippen LogP contribution in [-0.2, 0) is 9.59 Å². The Hall–Kier alpha value is -1.32. The number of rotatable bonds is 12. The first kappa shape index (κ1) is 18.7. The third kappa shape index (κ3) is 4.66. The number of hydrogen-bond acceptors (Lipinski definition) is 2. The molecule has 4 nitrogen and oxygen atoms in total. The van der Waals surface area contributed by atoms with Crippen molar-refractivity contribution in [2.75, 3.05) is 0 Å². The topological polar surface area (TPSA) is 74.6 Å². The van der Waals surface area contributed by atoms with E-state index in [0.717, 1.165) is 32.1 Å². The van der Waals surface area contributed by atoms with Gasteiger partial charge in [0.05, 0.1) is 0 Å². The van der Waals surface area contributed by atoms with Crippen LogP contribution in [0.5, 0.6) is 0 Å². The second kappa shape index (κ2) is 9.56. The van der Waals surface area contributed by atoms with E-state index in [-0.39, 0.29) is 6.42 Å². The molecule has 0 aromatic carbocycles. The van der Waals surface area contributed by atoms with Gasteiger partial charge < -0.3 is 10.2 Å². The van der Waals surface area contributed by atoms with Crippen LogP contribution < -0.4 is 0 Å². The minimum absolute atomic E-state index is 0.175. The van der Waals surface area contributed by atoms with Gasteiger partial charge in [-0.3, -0.25) is 9.59 Å². The molecule has 0 saturated carbocycles. The Labute approximate surface area is 121 Å². The predicted octanol–water partition coefficient (Wildman–Crippen LogP) is 4.10. The number of carboxylic acid groups (broad SMARTS) is 2. The number of carbonyl (C=O) groups is 2. The zero-order chi connectivity index (χ0) is 15.6. The van der Waals surface area contributed by atoms with Gasteiger partial charge in [0, 0.05) is 5.92 Å². The second-order valence-corrected chi connectivity index (χ2v) is 5.38. The Kier molecular flexibility index (Phi) is 8.93. The molecule has 0 rings (SSSR count). The van der Waals surface area contributed by atoms with Crippen molar-refractivity contribution in [3.63, 3.8) is 0 Å². The average molecular weight is 284 g/mol. The standard InChI is InChI=1S/C16H28O4/c1-4-7-9-11-13(6-3)16(14(17)18,15(19)20)12-10-8-5-2/h6,13H,3-5,7-12H2,1-2H3,(H,17,18)(H,19,20). The molecule has 0 aromatic rings. The van der Waals surface area contributed by atoms with E-state index >= 15 is 0 Å². The molecule has 0 aliphatic heterocycles. The van der Waals surface area contributed by atoms with E-state index in [0.29, 0.717) is 12.8 Å². The van der Waals surface area contributed by atoms with Gasteiger partial charge in [0.2, 0.25) is 0 Å². The summed E-state index contributed by atoms with van der Waals surface area (Å²) in [6, 6.07) is 0.